The number of carbonyl (C=O) groups is 1. The van der Waals surface area contributed by atoms with Crippen LogP contribution in [0.3, 0.4) is 0 Å². The molecule has 0 saturated heterocycles. The molecule has 1 N–H and O–H groups in total. The maximum atomic E-state index is 14.0. The van der Waals surface area contributed by atoms with Crippen molar-refractivity contribution in [3.05, 3.63) is 90.0 Å². The second-order valence-corrected chi connectivity index (χ2v) is 16.1. The molecule has 0 saturated carbocycles. The Bertz CT molecular complexity index is 1200. The fourth-order valence-electron chi connectivity index (χ4n) is 4.92. The molecule has 3 aromatic carbocycles. The van der Waals surface area contributed by atoms with Crippen LogP contribution in [-0.2, 0) is 9.16 Å². The number of alkyl carbamates (subject to hydrolysis) is 1. The summed E-state index contributed by atoms with van der Waals surface area (Å²) in [4.78, 5) is 12.4. The van der Waals surface area contributed by atoms with Crippen molar-refractivity contribution in [1.29, 1.82) is 0 Å². The van der Waals surface area contributed by atoms with Gasteiger partial charge in [-0.25, -0.2) is 13.6 Å². The van der Waals surface area contributed by atoms with Crippen molar-refractivity contribution < 1.29 is 27.5 Å². The van der Waals surface area contributed by atoms with Crippen LogP contribution in [0.25, 0.3) is 0 Å². The van der Waals surface area contributed by atoms with Crippen molar-refractivity contribution in [2.24, 2.45) is 0 Å². The van der Waals surface area contributed by atoms with Gasteiger partial charge in [0, 0.05) is 5.56 Å². The smallest absolute Gasteiger partial charge is 0.408 e. The summed E-state index contributed by atoms with van der Waals surface area (Å²) in [6.45, 7) is 13.8. The molecule has 8 heteroatoms. The predicted octanol–water partition coefficient (Wildman–Crippen LogP) is 7.17. The van der Waals surface area contributed by atoms with E-state index < -0.39 is 32.5 Å². The highest BCUT2D eigenvalue weighted by Crippen LogP contribution is 2.38. The second-order valence-electron chi connectivity index (χ2n) is 11.8. The van der Waals surface area contributed by atoms with Crippen molar-refractivity contribution in [1.82, 2.24) is 5.32 Å². The molecule has 0 radical (unpaired) electrons. The van der Waals surface area contributed by atoms with Crippen LogP contribution < -0.4 is 20.4 Å². The molecule has 0 fully saturated rings. The van der Waals surface area contributed by atoms with Gasteiger partial charge in [-0.3, -0.25) is 0 Å². The van der Waals surface area contributed by atoms with Crippen LogP contribution in [0, 0.1) is 0 Å². The molecule has 0 aliphatic carbocycles. The van der Waals surface area contributed by atoms with E-state index in [1.165, 1.54) is 12.1 Å². The van der Waals surface area contributed by atoms with E-state index in [1.54, 1.807) is 33.8 Å². The van der Waals surface area contributed by atoms with Crippen LogP contribution in [0.4, 0.5) is 13.6 Å². The molecule has 40 heavy (non-hydrogen) atoms. The third-order valence-electron chi connectivity index (χ3n) is 6.58. The summed E-state index contributed by atoms with van der Waals surface area (Å²) < 4.78 is 46.3. The third kappa shape index (κ3) is 7.49. The number of rotatable bonds is 10. The fourth-order valence-corrected chi connectivity index (χ4v) is 9.46. The lowest BCUT2D eigenvalue weighted by Gasteiger charge is -2.43. The molecule has 5 nitrogen and oxygen atoms in total. The average molecular weight is 570 g/mol. The zero-order valence-corrected chi connectivity index (χ0v) is 25.5. The van der Waals surface area contributed by atoms with Crippen LogP contribution in [0.2, 0.25) is 5.04 Å². The third-order valence-corrected chi connectivity index (χ3v) is 11.6. The van der Waals surface area contributed by atoms with Gasteiger partial charge in [-0.15, -0.1) is 0 Å². The van der Waals surface area contributed by atoms with Crippen molar-refractivity contribution in [3.8, 4) is 5.75 Å². The Morgan fingerprint density at radius 2 is 1.32 bits per heavy atom. The molecule has 0 bridgehead atoms. The number of hydrogen-bond acceptors (Lipinski definition) is 4. The second kappa shape index (κ2) is 13.0. The van der Waals surface area contributed by atoms with Gasteiger partial charge in [0.25, 0.3) is 14.7 Å². The number of halogens is 2. The van der Waals surface area contributed by atoms with Crippen molar-refractivity contribution in [2.75, 3.05) is 13.2 Å². The minimum Gasteiger partial charge on any atom is -0.490 e. The lowest BCUT2D eigenvalue weighted by atomic mass is 10.0. The van der Waals surface area contributed by atoms with Gasteiger partial charge in [0.05, 0.1) is 18.2 Å². The number of para-hydroxylation sites is 1. The van der Waals surface area contributed by atoms with Gasteiger partial charge in [0.2, 0.25) is 0 Å². The molecule has 0 aromatic heterocycles. The maximum absolute atomic E-state index is 14.0. The van der Waals surface area contributed by atoms with Gasteiger partial charge in [-0.1, -0.05) is 93.6 Å². The fraction of sp³-hybridized carbons (Fsp3) is 0.406. The number of carbonyl (C=O) groups excluding carboxylic acids is 1. The number of benzene rings is 3. The first-order chi connectivity index (χ1) is 18.8. The molecule has 0 spiro atoms. The monoisotopic (exact) mass is 569 g/mol. The Balaban J connectivity index is 1.88. The van der Waals surface area contributed by atoms with E-state index in [0.717, 1.165) is 10.4 Å². The van der Waals surface area contributed by atoms with E-state index in [9.17, 15) is 13.6 Å². The summed E-state index contributed by atoms with van der Waals surface area (Å²) in [5.74, 6) is 0.0482. The highest BCUT2D eigenvalue weighted by atomic mass is 28.4. The Morgan fingerprint density at radius 3 is 1.80 bits per heavy atom. The van der Waals surface area contributed by atoms with Gasteiger partial charge in [0.15, 0.2) is 0 Å². The molecule has 3 aromatic rings. The first-order valence-electron chi connectivity index (χ1n) is 13.5. The topological polar surface area (TPSA) is 56.8 Å². The summed E-state index contributed by atoms with van der Waals surface area (Å²) >= 11 is 0. The van der Waals surface area contributed by atoms with Gasteiger partial charge in [0.1, 0.15) is 18.0 Å². The zero-order chi connectivity index (χ0) is 29.6. The summed E-state index contributed by atoms with van der Waals surface area (Å²) in [7, 11) is -2.80. The highest BCUT2D eigenvalue weighted by molar-refractivity contribution is 6.99. The van der Waals surface area contributed by atoms with Gasteiger partial charge in [-0.05, 0) is 49.2 Å². The van der Waals surface area contributed by atoms with E-state index in [4.69, 9.17) is 13.9 Å². The van der Waals surface area contributed by atoms with Crippen LogP contribution >= 0.6 is 0 Å². The molecule has 1 atom stereocenters. The largest absolute Gasteiger partial charge is 0.490 e. The number of alkyl halides is 2. The summed E-state index contributed by atoms with van der Waals surface area (Å²) in [6.07, 6.45) is -3.38. The SMILES string of the molecule is C[C@@H](NC(=O)OC(C)(C)C)c1cccc(C(F)F)c1OCCO[Si](c1ccccc1)(c1ccccc1)C(C)(C)C. The molecule has 0 heterocycles. The van der Waals surface area contributed by atoms with Crippen molar-refractivity contribution >= 4 is 24.8 Å². The van der Waals surface area contributed by atoms with Gasteiger partial charge < -0.3 is 19.2 Å². The van der Waals surface area contributed by atoms with Gasteiger partial charge in [-0.2, -0.15) is 0 Å². The summed E-state index contributed by atoms with van der Waals surface area (Å²) in [5, 5.41) is 4.74. The quantitative estimate of drug-likeness (QED) is 0.208. The first kappa shape index (κ1) is 31.3. The van der Waals surface area contributed by atoms with E-state index in [0.29, 0.717) is 5.56 Å². The lowest BCUT2D eigenvalue weighted by molar-refractivity contribution is 0.0507. The number of amides is 1. The van der Waals surface area contributed by atoms with Crippen molar-refractivity contribution in [3.63, 3.8) is 0 Å². The maximum Gasteiger partial charge on any atom is 0.408 e. The van der Waals surface area contributed by atoms with Gasteiger partial charge >= 0.3 is 6.09 Å². The lowest BCUT2D eigenvalue weighted by Crippen LogP contribution is -2.66. The van der Waals surface area contributed by atoms with Crippen LogP contribution in [0.5, 0.6) is 5.75 Å². The Kier molecular flexibility index (Phi) is 10.1. The van der Waals surface area contributed by atoms with Crippen LogP contribution in [-0.4, -0.2) is 33.2 Å². The van der Waals surface area contributed by atoms with E-state index in [-0.39, 0.29) is 29.6 Å². The Hall–Kier alpha value is -3.23. The molecular weight excluding hydrogens is 528 g/mol. The van der Waals surface area contributed by atoms with E-state index >= 15 is 0 Å². The van der Waals surface area contributed by atoms with E-state index in [1.807, 2.05) is 36.4 Å². The van der Waals surface area contributed by atoms with E-state index in [2.05, 4.69) is 50.4 Å². The minimum atomic E-state index is -2.80. The van der Waals surface area contributed by atoms with Crippen LogP contribution in [0.15, 0.2) is 78.9 Å². The molecule has 3 rings (SSSR count). The summed E-state index contributed by atoms with van der Waals surface area (Å²) in [6, 6.07) is 24.3. The molecule has 1 amide bonds. The summed E-state index contributed by atoms with van der Waals surface area (Å²) in [5.41, 5.74) is -0.485. The number of ether oxygens (including phenoxy) is 2. The zero-order valence-electron chi connectivity index (χ0n) is 24.5. The molecule has 0 aliphatic heterocycles. The standard InChI is InChI=1S/C32H41F2NO4Si/c1-23(35-30(36)39-31(2,3)4)26-19-14-20-27(29(33)34)28(26)37-21-22-38-40(32(5,6)7,24-15-10-8-11-16-24)25-17-12-9-13-18-25/h8-20,23,29H,21-22H2,1-7H3,(H,35,36)/t23-/m1/s1. The van der Waals surface area contributed by atoms with Crippen molar-refractivity contribution in [2.45, 2.75) is 71.6 Å². The molecule has 0 aliphatic rings. The number of nitrogens with one attached hydrogen (secondary N) is 1. The Labute approximate surface area is 238 Å². The molecular formula is C32H41F2NO4Si. The van der Waals surface area contributed by atoms with Crippen LogP contribution in [0.1, 0.15) is 72.1 Å². The Morgan fingerprint density at radius 1 is 0.800 bits per heavy atom. The normalized spacial score (nSPS) is 13.2. The predicted molar refractivity (Wildman–Crippen MR) is 158 cm³/mol. The molecule has 0 unspecified atom stereocenters. The first-order valence-corrected chi connectivity index (χ1v) is 15.5. The number of hydrogen-bond donors (Lipinski definition) is 1. The molecule has 216 valence electrons. The minimum absolute atomic E-state index is 0.0482. The average Bonchev–Trinajstić information content (AvgIpc) is 2.87. The highest BCUT2D eigenvalue weighted by Gasteiger charge is 2.50.